The van der Waals surface area contributed by atoms with Gasteiger partial charge in [0.15, 0.2) is 0 Å². The Hall–Kier alpha value is -3.93. The van der Waals surface area contributed by atoms with E-state index in [1.165, 1.54) is 6.92 Å². The van der Waals surface area contributed by atoms with Crippen molar-refractivity contribution in [3.05, 3.63) is 127 Å². The smallest absolute Gasteiger partial charge is 0.221 e. The first-order chi connectivity index (χ1) is 37.2. The monoisotopic (exact) mass is 1130 g/mol. The highest BCUT2D eigenvalue weighted by Gasteiger charge is 2.62. The molecule has 4 aromatic rings. The summed E-state index contributed by atoms with van der Waals surface area (Å²) in [6.07, 6.45) is 19.3. The van der Waals surface area contributed by atoms with Gasteiger partial charge >= 0.3 is 0 Å². The Morgan fingerprint density at radius 2 is 1.19 bits per heavy atom. The molecule has 13 nitrogen and oxygen atoms in total. The number of benzene rings is 4. The number of halogens is 1. The lowest BCUT2D eigenvalue weighted by atomic mass is 9.53. The van der Waals surface area contributed by atoms with Gasteiger partial charge in [-0.05, 0) is 148 Å². The average molecular weight is 1130 g/mol. The van der Waals surface area contributed by atoms with Gasteiger partial charge in [0.1, 0.15) is 5.75 Å². The Labute approximate surface area is 474 Å². The number of para-hydroxylation sites is 1. The topological polar surface area (TPSA) is 287 Å². The van der Waals surface area contributed by atoms with Crippen molar-refractivity contribution >= 4 is 33.2 Å². The van der Waals surface area contributed by atoms with E-state index in [2.05, 4.69) is 64.3 Å². The molecule has 1 amide bonds. The first-order valence-electron chi connectivity index (χ1n) is 30.0. The molecule has 9 rings (SSSR count). The molecule has 4 aromatic carbocycles. The third kappa shape index (κ3) is 10.7. The van der Waals surface area contributed by atoms with Crippen molar-refractivity contribution in [2.75, 3.05) is 23.3 Å². The van der Waals surface area contributed by atoms with Crippen LogP contribution in [0.3, 0.4) is 0 Å². The zero-order valence-electron chi connectivity index (χ0n) is 47.3. The van der Waals surface area contributed by atoms with Crippen LogP contribution in [0.2, 0.25) is 0 Å². The summed E-state index contributed by atoms with van der Waals surface area (Å²) in [6.45, 7) is 7.59. The predicted molar refractivity (Wildman–Crippen MR) is 323 cm³/mol. The SMILES string of the molecule is CCN(CC)c1ccc(C(N)[C](N)c2cccc(Br)c2C(N)(c2c(C3(N)CC3)c(O)c(C3(N)CCC3)c(C3(N)CCCCC3)c2C2(N)CCCCCCC2C(N)c2ccccc2NC(C)=O)C2(N)CCCCCCCC2)cc1. The molecule has 14 heteroatoms. The maximum atomic E-state index is 14.1. The molecule has 5 aliphatic rings. The Morgan fingerprint density at radius 1 is 0.654 bits per heavy atom. The van der Waals surface area contributed by atoms with Crippen molar-refractivity contribution in [1.82, 2.24) is 0 Å². The van der Waals surface area contributed by atoms with Gasteiger partial charge in [-0.3, -0.25) is 4.79 Å². The van der Waals surface area contributed by atoms with Gasteiger partial charge in [0.2, 0.25) is 5.91 Å². The third-order valence-electron chi connectivity index (χ3n) is 19.9. The number of carbonyl (C=O) groups is 1. The number of aromatic hydroxyl groups is 1. The second kappa shape index (κ2) is 23.5. The summed E-state index contributed by atoms with van der Waals surface area (Å²) in [5, 5.41) is 17.2. The number of phenols is 1. The summed E-state index contributed by atoms with van der Waals surface area (Å²) in [4.78, 5) is 15.2. The van der Waals surface area contributed by atoms with Crippen LogP contribution in [0, 0.1) is 12.0 Å². The molecule has 5 aliphatic carbocycles. The fourth-order valence-corrected chi connectivity index (χ4v) is 15.8. The van der Waals surface area contributed by atoms with Gasteiger partial charge in [-0.1, -0.05) is 142 Å². The third-order valence-corrected chi connectivity index (χ3v) is 20.6. The number of nitrogens with zero attached hydrogens (tertiary/aromatic N) is 1. The standard InChI is InChI=1S/C64H95BrN11O2/c1-4-76(5-2)43-30-28-42(29-31-43)55(66)57(68)45-24-21-26-47(65)49(45)64(74,62(72)36-18-9-6-7-10-19-37-62)52-51(63(73)38-20-11-8-13-25-46(63)56(67)44-23-14-15-27-48(44)75-41(3)77)50(59(69)32-16-12-17-33-59)53(60(70)34-22-35-60)58(78)54(52)61(71)39-40-61/h14-15,21,23-24,26-31,46,55-56,78H,4-13,16-20,22,25,32-40,66-74H2,1-3H3,(H,75,77). The van der Waals surface area contributed by atoms with Crippen molar-refractivity contribution in [3.8, 4) is 5.75 Å². The highest BCUT2D eigenvalue weighted by molar-refractivity contribution is 9.10. The number of amides is 1. The van der Waals surface area contributed by atoms with E-state index < -0.39 is 51.2 Å². The minimum absolute atomic E-state index is 0.0738. The van der Waals surface area contributed by atoms with Crippen LogP contribution in [0.1, 0.15) is 237 Å². The van der Waals surface area contributed by atoms with Gasteiger partial charge in [0, 0.05) is 86.6 Å². The van der Waals surface area contributed by atoms with Gasteiger partial charge in [-0.25, -0.2) is 0 Å². The van der Waals surface area contributed by atoms with Gasteiger partial charge in [-0.2, -0.15) is 0 Å². The molecule has 5 unspecified atom stereocenters. The molecule has 5 atom stereocenters. The van der Waals surface area contributed by atoms with Crippen LogP contribution >= 0.6 is 15.9 Å². The molecular formula is C64H95BrN11O2. The first kappa shape index (κ1) is 58.7. The summed E-state index contributed by atoms with van der Waals surface area (Å²) < 4.78 is 0.707. The number of nitrogens with two attached hydrogens (primary N) is 9. The normalized spacial score (nSPS) is 24.7. The molecule has 0 spiro atoms. The number of nitrogens with one attached hydrogen (secondary N) is 1. The second-order valence-electron chi connectivity index (χ2n) is 24.9. The summed E-state index contributed by atoms with van der Waals surface area (Å²) in [5.41, 5.74) is 74.8. The highest BCUT2D eigenvalue weighted by atomic mass is 79.9. The number of anilines is 2. The van der Waals surface area contributed by atoms with Crippen molar-refractivity contribution in [2.24, 2.45) is 57.5 Å². The van der Waals surface area contributed by atoms with E-state index in [1.807, 2.05) is 42.5 Å². The van der Waals surface area contributed by atoms with Crippen LogP contribution in [0.25, 0.3) is 0 Å². The highest BCUT2D eigenvalue weighted by Crippen LogP contribution is 2.64. The average Bonchev–Trinajstić information content (AvgIpc) is 4.14. The lowest BCUT2D eigenvalue weighted by Gasteiger charge is -2.56. The molecular weight excluding hydrogens is 1030 g/mol. The van der Waals surface area contributed by atoms with Gasteiger partial charge in [-0.15, -0.1) is 0 Å². The molecule has 0 aliphatic heterocycles. The minimum Gasteiger partial charge on any atom is -0.507 e. The number of hydrogen-bond acceptors (Lipinski definition) is 12. The van der Waals surface area contributed by atoms with Crippen LogP contribution in [-0.2, 0) is 32.5 Å². The first-order valence-corrected chi connectivity index (χ1v) is 30.8. The number of rotatable bonds is 16. The van der Waals surface area contributed by atoms with Crippen molar-refractivity contribution in [3.63, 3.8) is 0 Å². The molecule has 1 radical (unpaired) electrons. The van der Waals surface area contributed by atoms with E-state index in [0.717, 1.165) is 131 Å². The fraction of sp³-hybridized carbons (Fsp3) is 0.594. The Kier molecular flexibility index (Phi) is 17.7. The molecule has 425 valence electrons. The predicted octanol–water partition coefficient (Wildman–Crippen LogP) is 10.8. The van der Waals surface area contributed by atoms with Crippen molar-refractivity contribution in [2.45, 2.75) is 220 Å². The van der Waals surface area contributed by atoms with Crippen LogP contribution in [0.5, 0.6) is 5.75 Å². The summed E-state index contributed by atoms with van der Waals surface area (Å²) in [7, 11) is 0. The number of carbonyl (C=O) groups excluding carboxylic acids is 1. The molecule has 0 bridgehead atoms. The van der Waals surface area contributed by atoms with Crippen LogP contribution in [0.4, 0.5) is 11.4 Å². The number of phenolic OH excluding ortho intramolecular Hbond substituents is 1. The van der Waals surface area contributed by atoms with E-state index >= 15 is 0 Å². The van der Waals surface area contributed by atoms with Crippen LogP contribution in [-0.4, -0.2) is 29.6 Å². The fourth-order valence-electron chi connectivity index (χ4n) is 15.1. The maximum absolute atomic E-state index is 14.1. The maximum Gasteiger partial charge on any atom is 0.221 e. The van der Waals surface area contributed by atoms with Gasteiger partial charge in [0.05, 0.1) is 17.6 Å². The lowest BCUT2D eigenvalue weighted by Crippen LogP contribution is -2.67. The molecule has 20 N–H and O–H groups in total. The van der Waals surface area contributed by atoms with Crippen molar-refractivity contribution < 1.29 is 9.90 Å². The lowest BCUT2D eigenvalue weighted by molar-refractivity contribution is -0.114. The Balaban J connectivity index is 1.46. The largest absolute Gasteiger partial charge is 0.507 e. The van der Waals surface area contributed by atoms with Crippen molar-refractivity contribution in [1.29, 1.82) is 0 Å². The molecule has 0 aromatic heterocycles. The minimum atomic E-state index is -1.68. The molecule has 5 fully saturated rings. The van der Waals surface area contributed by atoms with E-state index in [4.69, 9.17) is 51.6 Å². The van der Waals surface area contributed by atoms with E-state index in [9.17, 15) is 9.90 Å². The second-order valence-corrected chi connectivity index (χ2v) is 25.8. The Morgan fingerprint density at radius 3 is 1.78 bits per heavy atom. The molecule has 5 saturated carbocycles. The van der Waals surface area contributed by atoms with Gasteiger partial charge in [0.25, 0.3) is 0 Å². The zero-order chi connectivity index (χ0) is 55.8. The Bertz CT molecular complexity index is 2740. The summed E-state index contributed by atoms with van der Waals surface area (Å²) in [5.74, 6) is -0.553. The van der Waals surface area contributed by atoms with E-state index in [1.54, 1.807) is 0 Å². The van der Waals surface area contributed by atoms with Crippen LogP contribution < -0.4 is 61.8 Å². The van der Waals surface area contributed by atoms with Gasteiger partial charge < -0.3 is 66.9 Å². The van der Waals surface area contributed by atoms with Crippen LogP contribution in [0.15, 0.2) is 71.2 Å². The summed E-state index contributed by atoms with van der Waals surface area (Å²) >= 11 is 4.19. The van der Waals surface area contributed by atoms with E-state index in [0.29, 0.717) is 108 Å². The molecule has 0 saturated heterocycles. The zero-order valence-corrected chi connectivity index (χ0v) is 48.9. The van der Waals surface area contributed by atoms with E-state index in [-0.39, 0.29) is 11.7 Å². The summed E-state index contributed by atoms with van der Waals surface area (Å²) in [6, 6.07) is 21.3. The molecule has 78 heavy (non-hydrogen) atoms. The quantitative estimate of drug-likeness (QED) is 0.0500. The molecule has 0 heterocycles. The number of hydrogen-bond donors (Lipinski definition) is 11.